The topological polar surface area (TPSA) is 25.8 Å². The lowest BCUT2D eigenvalue weighted by Gasteiger charge is -2.10. The van der Waals surface area contributed by atoms with Crippen molar-refractivity contribution >= 4 is 0 Å². The highest BCUT2D eigenvalue weighted by Gasteiger charge is 2.34. The molecule has 0 saturated heterocycles. The van der Waals surface area contributed by atoms with E-state index in [0.717, 1.165) is 6.07 Å². The number of nitrogens with zero attached hydrogens (tertiary/aromatic N) is 2. The standard InChI is InChI=1S/C11H7F3N2/c12-11(13,14)8-4-3-7-16-10(8)9-5-1-2-6-15-9/h1-7H. The van der Waals surface area contributed by atoms with Gasteiger partial charge in [-0.3, -0.25) is 9.97 Å². The second kappa shape index (κ2) is 3.92. The highest BCUT2D eigenvalue weighted by Crippen LogP contribution is 2.34. The van der Waals surface area contributed by atoms with E-state index in [9.17, 15) is 13.2 Å². The molecule has 0 bridgehead atoms. The molecule has 5 heteroatoms. The highest BCUT2D eigenvalue weighted by atomic mass is 19.4. The van der Waals surface area contributed by atoms with E-state index in [1.165, 1.54) is 24.5 Å². The number of rotatable bonds is 1. The first-order valence-corrected chi connectivity index (χ1v) is 4.52. The molecule has 0 fully saturated rings. The van der Waals surface area contributed by atoms with Gasteiger partial charge in [-0.15, -0.1) is 0 Å². The Labute approximate surface area is 89.8 Å². The first kappa shape index (κ1) is 10.6. The first-order valence-electron chi connectivity index (χ1n) is 4.52. The summed E-state index contributed by atoms with van der Waals surface area (Å²) in [6.07, 6.45) is -1.66. The molecular formula is C11H7F3N2. The molecule has 0 aliphatic rings. The Morgan fingerprint density at radius 1 is 0.875 bits per heavy atom. The summed E-state index contributed by atoms with van der Waals surface area (Å²) in [6, 6.07) is 7.01. The molecule has 0 aromatic carbocycles. The normalized spacial score (nSPS) is 11.4. The van der Waals surface area contributed by atoms with Gasteiger partial charge in [0.1, 0.15) is 5.69 Å². The Balaban J connectivity index is 2.58. The number of hydrogen-bond donors (Lipinski definition) is 0. The third-order valence-corrected chi connectivity index (χ3v) is 2.02. The van der Waals surface area contributed by atoms with Crippen LogP contribution in [0, 0.1) is 0 Å². The Kier molecular flexibility index (Phi) is 2.60. The minimum atomic E-state index is -4.42. The zero-order valence-corrected chi connectivity index (χ0v) is 8.07. The number of hydrogen-bond acceptors (Lipinski definition) is 2. The molecule has 0 atom stereocenters. The molecule has 2 rings (SSSR count). The van der Waals surface area contributed by atoms with Gasteiger partial charge >= 0.3 is 6.18 Å². The maximum Gasteiger partial charge on any atom is 0.418 e. The summed E-state index contributed by atoms with van der Waals surface area (Å²) in [5, 5.41) is 0. The van der Waals surface area contributed by atoms with Crippen LogP contribution in [-0.4, -0.2) is 9.97 Å². The third kappa shape index (κ3) is 2.03. The van der Waals surface area contributed by atoms with Crippen LogP contribution in [0.3, 0.4) is 0 Å². The van der Waals surface area contributed by atoms with Crippen LogP contribution < -0.4 is 0 Å². The highest BCUT2D eigenvalue weighted by molar-refractivity contribution is 5.59. The number of pyridine rings is 2. The lowest BCUT2D eigenvalue weighted by molar-refractivity contribution is -0.137. The molecule has 0 unspecified atom stereocenters. The molecule has 0 radical (unpaired) electrons. The Hall–Kier alpha value is -1.91. The molecule has 0 amide bonds. The molecule has 2 nitrogen and oxygen atoms in total. The molecule has 2 aromatic heterocycles. The molecule has 16 heavy (non-hydrogen) atoms. The lowest BCUT2D eigenvalue weighted by Crippen LogP contribution is -2.08. The van der Waals surface area contributed by atoms with Crippen molar-refractivity contribution in [2.24, 2.45) is 0 Å². The Bertz CT molecular complexity index is 480. The van der Waals surface area contributed by atoms with Gasteiger partial charge in [-0.25, -0.2) is 0 Å². The summed E-state index contributed by atoms with van der Waals surface area (Å²) in [4.78, 5) is 7.59. The number of aromatic nitrogens is 2. The smallest absolute Gasteiger partial charge is 0.255 e. The van der Waals surface area contributed by atoms with Crippen molar-refractivity contribution in [1.82, 2.24) is 9.97 Å². The summed E-state index contributed by atoms with van der Waals surface area (Å²) in [5.41, 5.74) is -0.695. The SMILES string of the molecule is FC(F)(F)c1cccnc1-c1ccccn1. The van der Waals surface area contributed by atoms with E-state index in [1.54, 1.807) is 12.1 Å². The lowest BCUT2D eigenvalue weighted by atomic mass is 10.1. The van der Waals surface area contributed by atoms with E-state index < -0.39 is 11.7 Å². The van der Waals surface area contributed by atoms with Crippen LogP contribution in [0.5, 0.6) is 0 Å². The summed E-state index contributed by atoms with van der Waals surface area (Å²) in [5.74, 6) is 0. The third-order valence-electron chi connectivity index (χ3n) is 2.02. The van der Waals surface area contributed by atoms with Crippen molar-refractivity contribution < 1.29 is 13.2 Å². The van der Waals surface area contributed by atoms with E-state index in [0.29, 0.717) is 0 Å². The molecule has 0 spiro atoms. The second-order valence-corrected chi connectivity index (χ2v) is 3.11. The van der Waals surface area contributed by atoms with Crippen LogP contribution in [0.25, 0.3) is 11.4 Å². The van der Waals surface area contributed by atoms with Gasteiger partial charge in [0.2, 0.25) is 0 Å². The van der Waals surface area contributed by atoms with Crippen molar-refractivity contribution in [2.45, 2.75) is 6.18 Å². The molecule has 2 aromatic rings. The molecule has 0 aliphatic carbocycles. The number of alkyl halides is 3. The largest absolute Gasteiger partial charge is 0.418 e. The fraction of sp³-hybridized carbons (Fsp3) is 0.0909. The van der Waals surface area contributed by atoms with Gasteiger partial charge in [-0.05, 0) is 24.3 Å². The maximum atomic E-state index is 12.7. The maximum absolute atomic E-state index is 12.7. The van der Waals surface area contributed by atoms with Gasteiger partial charge in [-0.2, -0.15) is 13.2 Å². The quantitative estimate of drug-likeness (QED) is 0.743. The van der Waals surface area contributed by atoms with Crippen molar-refractivity contribution in [2.75, 3.05) is 0 Å². The fourth-order valence-corrected chi connectivity index (χ4v) is 1.34. The van der Waals surface area contributed by atoms with Crippen molar-refractivity contribution in [3.05, 3.63) is 48.3 Å². The van der Waals surface area contributed by atoms with Crippen LogP contribution in [0.4, 0.5) is 13.2 Å². The summed E-state index contributed by atoms with van der Waals surface area (Å²) in [6.45, 7) is 0. The van der Waals surface area contributed by atoms with E-state index >= 15 is 0 Å². The monoisotopic (exact) mass is 224 g/mol. The van der Waals surface area contributed by atoms with Crippen molar-refractivity contribution in [1.29, 1.82) is 0 Å². The minimum absolute atomic E-state index is 0.143. The van der Waals surface area contributed by atoms with Gasteiger partial charge in [0.15, 0.2) is 0 Å². The fourth-order valence-electron chi connectivity index (χ4n) is 1.34. The van der Waals surface area contributed by atoms with Gasteiger partial charge in [0.25, 0.3) is 0 Å². The van der Waals surface area contributed by atoms with Crippen LogP contribution in [0.15, 0.2) is 42.7 Å². The predicted octanol–water partition coefficient (Wildman–Crippen LogP) is 3.16. The van der Waals surface area contributed by atoms with Crippen LogP contribution >= 0.6 is 0 Å². The summed E-state index contributed by atoms with van der Waals surface area (Å²) in [7, 11) is 0. The summed E-state index contributed by atoms with van der Waals surface area (Å²) >= 11 is 0. The van der Waals surface area contributed by atoms with Crippen LogP contribution in [-0.2, 0) is 6.18 Å². The molecular weight excluding hydrogens is 217 g/mol. The van der Waals surface area contributed by atoms with Gasteiger partial charge < -0.3 is 0 Å². The Morgan fingerprint density at radius 2 is 1.62 bits per heavy atom. The van der Waals surface area contributed by atoms with E-state index in [-0.39, 0.29) is 11.4 Å². The average Bonchev–Trinajstić information content (AvgIpc) is 2.29. The van der Waals surface area contributed by atoms with E-state index in [1.807, 2.05) is 0 Å². The van der Waals surface area contributed by atoms with Gasteiger partial charge in [0.05, 0.1) is 11.3 Å². The zero-order valence-electron chi connectivity index (χ0n) is 8.07. The molecule has 0 saturated carbocycles. The zero-order chi connectivity index (χ0) is 11.6. The van der Waals surface area contributed by atoms with Crippen LogP contribution in [0.1, 0.15) is 5.56 Å². The second-order valence-electron chi connectivity index (χ2n) is 3.11. The van der Waals surface area contributed by atoms with Crippen molar-refractivity contribution in [3.8, 4) is 11.4 Å². The Morgan fingerprint density at radius 3 is 2.25 bits per heavy atom. The minimum Gasteiger partial charge on any atom is -0.255 e. The molecule has 0 N–H and O–H groups in total. The molecule has 2 heterocycles. The molecule has 82 valence electrons. The number of halogens is 3. The molecule has 0 aliphatic heterocycles. The van der Waals surface area contributed by atoms with Gasteiger partial charge in [-0.1, -0.05) is 6.07 Å². The van der Waals surface area contributed by atoms with E-state index in [2.05, 4.69) is 9.97 Å². The van der Waals surface area contributed by atoms with Crippen LogP contribution in [0.2, 0.25) is 0 Å². The first-order chi connectivity index (χ1) is 7.59. The van der Waals surface area contributed by atoms with E-state index in [4.69, 9.17) is 0 Å². The predicted molar refractivity (Wildman–Crippen MR) is 52.5 cm³/mol. The van der Waals surface area contributed by atoms with Crippen molar-refractivity contribution in [3.63, 3.8) is 0 Å². The summed E-state index contributed by atoms with van der Waals surface area (Å²) < 4.78 is 38.0. The van der Waals surface area contributed by atoms with Gasteiger partial charge in [0, 0.05) is 12.4 Å². The average molecular weight is 224 g/mol.